The fourth-order valence-electron chi connectivity index (χ4n) is 2.01. The first kappa shape index (κ1) is 12.8. The van der Waals surface area contributed by atoms with Crippen LogP contribution in [-0.4, -0.2) is 35.6 Å². The molecule has 0 saturated carbocycles. The number of primary amides is 1. The highest BCUT2D eigenvalue weighted by atomic mass is 16.5. The molecule has 0 aliphatic carbocycles. The maximum atomic E-state index is 10.9. The van der Waals surface area contributed by atoms with Crippen molar-refractivity contribution in [3.05, 3.63) is 18.1 Å². The van der Waals surface area contributed by atoms with Crippen molar-refractivity contribution in [2.24, 2.45) is 11.7 Å². The second-order valence-corrected chi connectivity index (χ2v) is 4.45. The van der Waals surface area contributed by atoms with Crippen LogP contribution < -0.4 is 11.1 Å². The minimum absolute atomic E-state index is 0.181. The number of nitrogens with two attached hydrogens (primary N) is 1. The van der Waals surface area contributed by atoms with Crippen LogP contribution in [0, 0.1) is 5.92 Å². The van der Waals surface area contributed by atoms with E-state index in [9.17, 15) is 4.79 Å². The molecule has 2 rings (SSSR count). The van der Waals surface area contributed by atoms with Crippen molar-refractivity contribution in [2.45, 2.75) is 19.3 Å². The predicted octanol–water partition coefficient (Wildman–Crippen LogP) is 0.804. The first-order chi connectivity index (χ1) is 8.75. The van der Waals surface area contributed by atoms with Gasteiger partial charge >= 0.3 is 0 Å². The number of nitrogens with one attached hydrogen (secondary N) is 1. The zero-order valence-corrected chi connectivity index (χ0v) is 10.3. The summed E-state index contributed by atoms with van der Waals surface area (Å²) in [6, 6.07) is 0. The highest BCUT2D eigenvalue weighted by Gasteiger charge is 2.13. The fourth-order valence-corrected chi connectivity index (χ4v) is 2.01. The quantitative estimate of drug-likeness (QED) is 0.806. The summed E-state index contributed by atoms with van der Waals surface area (Å²) in [5.74, 6) is 0.633. The van der Waals surface area contributed by atoms with Crippen LogP contribution in [0.25, 0.3) is 0 Å². The van der Waals surface area contributed by atoms with E-state index in [4.69, 9.17) is 10.5 Å². The van der Waals surface area contributed by atoms with Gasteiger partial charge in [-0.2, -0.15) is 0 Å². The number of carbonyl (C=O) groups is 1. The fraction of sp³-hybridized carbons (Fsp3) is 0.583. The summed E-state index contributed by atoms with van der Waals surface area (Å²) < 4.78 is 5.42. The Morgan fingerprint density at radius 1 is 1.56 bits per heavy atom. The summed E-state index contributed by atoms with van der Waals surface area (Å²) in [5, 5.41) is 3.15. The van der Waals surface area contributed by atoms with Gasteiger partial charge in [-0.1, -0.05) is 0 Å². The zero-order chi connectivity index (χ0) is 12.8. The second kappa shape index (κ2) is 6.30. The smallest absolute Gasteiger partial charge is 0.268 e. The summed E-state index contributed by atoms with van der Waals surface area (Å²) in [6.45, 7) is 2.52. The lowest BCUT2D eigenvalue weighted by molar-refractivity contribution is 0.0530. The number of carbonyl (C=O) groups excluding carboxylic acids is 1. The number of anilines is 1. The molecular weight excluding hydrogens is 232 g/mol. The Labute approximate surface area is 106 Å². The second-order valence-electron chi connectivity index (χ2n) is 4.45. The van der Waals surface area contributed by atoms with Gasteiger partial charge in [-0.3, -0.25) is 9.78 Å². The third kappa shape index (κ3) is 3.66. The Morgan fingerprint density at radius 3 is 3.17 bits per heavy atom. The largest absolute Gasteiger partial charge is 0.381 e. The number of hydrogen-bond donors (Lipinski definition) is 2. The van der Waals surface area contributed by atoms with Gasteiger partial charge < -0.3 is 15.8 Å². The van der Waals surface area contributed by atoms with Crippen molar-refractivity contribution in [1.29, 1.82) is 0 Å². The summed E-state index contributed by atoms with van der Waals surface area (Å²) >= 11 is 0. The van der Waals surface area contributed by atoms with E-state index in [-0.39, 0.29) is 5.69 Å². The standard InChI is InChI=1S/C12H18N4O2/c13-12(17)10-6-14-7-11(16-10)15-4-3-9-2-1-5-18-8-9/h6-7,9H,1-5,8H2,(H2,13,17)(H,15,16)/t9-/m1/s1. The van der Waals surface area contributed by atoms with Crippen molar-refractivity contribution in [3.63, 3.8) is 0 Å². The third-order valence-electron chi connectivity index (χ3n) is 3.00. The average molecular weight is 250 g/mol. The van der Waals surface area contributed by atoms with E-state index in [1.54, 1.807) is 6.20 Å². The molecule has 1 aromatic heterocycles. The van der Waals surface area contributed by atoms with Crippen molar-refractivity contribution in [1.82, 2.24) is 9.97 Å². The van der Waals surface area contributed by atoms with Crippen LogP contribution in [0.5, 0.6) is 0 Å². The number of ether oxygens (including phenoxy) is 1. The van der Waals surface area contributed by atoms with E-state index in [1.165, 1.54) is 12.6 Å². The molecule has 0 unspecified atom stereocenters. The molecule has 1 fully saturated rings. The molecule has 1 saturated heterocycles. The van der Waals surface area contributed by atoms with Crippen molar-refractivity contribution in [2.75, 3.05) is 25.1 Å². The minimum atomic E-state index is -0.563. The van der Waals surface area contributed by atoms with Gasteiger partial charge in [-0.25, -0.2) is 4.98 Å². The van der Waals surface area contributed by atoms with E-state index in [0.29, 0.717) is 11.7 Å². The highest BCUT2D eigenvalue weighted by molar-refractivity contribution is 5.90. The first-order valence-corrected chi connectivity index (χ1v) is 6.19. The molecule has 1 aliphatic heterocycles. The Balaban J connectivity index is 1.78. The van der Waals surface area contributed by atoms with E-state index in [0.717, 1.165) is 32.6 Å². The maximum Gasteiger partial charge on any atom is 0.268 e. The molecule has 0 aromatic carbocycles. The maximum absolute atomic E-state index is 10.9. The molecule has 3 N–H and O–H groups in total. The Kier molecular flexibility index (Phi) is 4.46. The van der Waals surface area contributed by atoms with E-state index in [1.807, 2.05) is 0 Å². The number of rotatable bonds is 5. The van der Waals surface area contributed by atoms with Gasteiger partial charge in [-0.05, 0) is 25.2 Å². The molecule has 1 aliphatic rings. The molecule has 6 nitrogen and oxygen atoms in total. The van der Waals surface area contributed by atoms with Gasteiger partial charge in [0.15, 0.2) is 0 Å². The Bertz CT molecular complexity index is 405. The number of hydrogen-bond acceptors (Lipinski definition) is 5. The first-order valence-electron chi connectivity index (χ1n) is 6.19. The van der Waals surface area contributed by atoms with Crippen LogP contribution in [0.15, 0.2) is 12.4 Å². The summed E-state index contributed by atoms with van der Waals surface area (Å²) in [5.41, 5.74) is 5.32. The normalized spacial score (nSPS) is 19.4. The van der Waals surface area contributed by atoms with Gasteiger partial charge in [0.25, 0.3) is 5.91 Å². The average Bonchev–Trinajstić information content (AvgIpc) is 2.40. The Morgan fingerprint density at radius 2 is 2.44 bits per heavy atom. The van der Waals surface area contributed by atoms with E-state index < -0.39 is 5.91 Å². The molecule has 0 bridgehead atoms. The van der Waals surface area contributed by atoms with Crippen molar-refractivity contribution in [3.8, 4) is 0 Å². The van der Waals surface area contributed by atoms with E-state index >= 15 is 0 Å². The van der Waals surface area contributed by atoms with Crippen LogP contribution in [-0.2, 0) is 4.74 Å². The molecule has 1 amide bonds. The number of amides is 1. The van der Waals surface area contributed by atoms with Gasteiger partial charge in [0.2, 0.25) is 0 Å². The lowest BCUT2D eigenvalue weighted by Gasteiger charge is -2.21. The summed E-state index contributed by atoms with van der Waals surface area (Å²) in [6.07, 6.45) is 6.34. The lowest BCUT2D eigenvalue weighted by atomic mass is 9.99. The molecule has 18 heavy (non-hydrogen) atoms. The van der Waals surface area contributed by atoms with Gasteiger partial charge in [0, 0.05) is 19.8 Å². The lowest BCUT2D eigenvalue weighted by Crippen LogP contribution is -2.20. The minimum Gasteiger partial charge on any atom is -0.381 e. The zero-order valence-electron chi connectivity index (χ0n) is 10.3. The summed E-state index contributed by atoms with van der Waals surface area (Å²) in [7, 11) is 0. The van der Waals surface area contributed by atoms with Crippen LogP contribution >= 0.6 is 0 Å². The monoisotopic (exact) mass is 250 g/mol. The van der Waals surface area contributed by atoms with Gasteiger partial charge in [0.1, 0.15) is 11.5 Å². The van der Waals surface area contributed by atoms with Crippen LogP contribution in [0.3, 0.4) is 0 Å². The molecule has 0 spiro atoms. The van der Waals surface area contributed by atoms with Gasteiger partial charge in [-0.15, -0.1) is 0 Å². The third-order valence-corrected chi connectivity index (χ3v) is 3.00. The van der Waals surface area contributed by atoms with Crippen LogP contribution in [0.2, 0.25) is 0 Å². The van der Waals surface area contributed by atoms with Crippen LogP contribution in [0.1, 0.15) is 29.8 Å². The SMILES string of the molecule is NC(=O)c1cncc(NCC[C@H]2CCCOC2)n1. The van der Waals surface area contributed by atoms with Crippen molar-refractivity contribution < 1.29 is 9.53 Å². The van der Waals surface area contributed by atoms with Gasteiger partial charge in [0.05, 0.1) is 12.4 Å². The highest BCUT2D eigenvalue weighted by Crippen LogP contribution is 2.16. The predicted molar refractivity (Wildman–Crippen MR) is 67.2 cm³/mol. The molecule has 0 radical (unpaired) electrons. The van der Waals surface area contributed by atoms with Crippen molar-refractivity contribution >= 4 is 11.7 Å². The molecule has 2 heterocycles. The molecule has 6 heteroatoms. The number of nitrogens with zero attached hydrogens (tertiary/aromatic N) is 2. The molecule has 1 atom stereocenters. The number of aromatic nitrogens is 2. The Hall–Kier alpha value is -1.69. The molecule has 1 aromatic rings. The molecular formula is C12H18N4O2. The topological polar surface area (TPSA) is 90.1 Å². The molecule has 98 valence electrons. The summed E-state index contributed by atoms with van der Waals surface area (Å²) in [4.78, 5) is 18.9. The van der Waals surface area contributed by atoms with E-state index in [2.05, 4.69) is 15.3 Å². The van der Waals surface area contributed by atoms with Crippen LogP contribution in [0.4, 0.5) is 5.82 Å².